The van der Waals surface area contributed by atoms with Gasteiger partial charge in [0.2, 0.25) is 0 Å². The summed E-state index contributed by atoms with van der Waals surface area (Å²) < 4.78 is 2.24. The maximum atomic E-state index is 9.23. The number of hydrogen-bond donors (Lipinski definition) is 1. The molecule has 0 bridgehead atoms. The van der Waals surface area contributed by atoms with Crippen LogP contribution in [0.15, 0.2) is 24.3 Å². The van der Waals surface area contributed by atoms with E-state index in [0.29, 0.717) is 18.4 Å². The highest BCUT2D eigenvalue weighted by Gasteiger charge is 2.12. The van der Waals surface area contributed by atoms with Crippen LogP contribution in [0.4, 0.5) is 0 Å². The van der Waals surface area contributed by atoms with E-state index in [-0.39, 0.29) is 6.61 Å². The van der Waals surface area contributed by atoms with Crippen molar-refractivity contribution in [1.82, 2.24) is 4.57 Å². The average Bonchev–Trinajstić information content (AvgIpc) is 2.68. The predicted molar refractivity (Wildman–Crippen MR) is 77.2 cm³/mol. The van der Waals surface area contributed by atoms with Gasteiger partial charge in [-0.15, -0.1) is 0 Å². The second kappa shape index (κ2) is 5.15. The molecule has 0 aliphatic rings. The molecule has 0 aliphatic carbocycles. The minimum Gasteiger partial charge on any atom is -0.395 e. The van der Waals surface area contributed by atoms with Crippen LogP contribution in [-0.4, -0.2) is 16.3 Å². The van der Waals surface area contributed by atoms with E-state index in [9.17, 15) is 5.11 Å². The van der Waals surface area contributed by atoms with Crippen molar-refractivity contribution in [2.75, 3.05) is 6.61 Å². The van der Waals surface area contributed by atoms with Gasteiger partial charge in [-0.05, 0) is 35.6 Å². The Hall–Kier alpha value is -1.28. The standard InChI is InChI=1S/C16H23NO/c1-11(2)13-5-6-15-14(9-13)10-16(12(3)4)17(15)7-8-18/h5-6,9-12,18H,7-8H2,1-4H3. The van der Waals surface area contributed by atoms with Gasteiger partial charge in [0.1, 0.15) is 0 Å². The van der Waals surface area contributed by atoms with Gasteiger partial charge in [-0.1, -0.05) is 33.8 Å². The Morgan fingerprint density at radius 3 is 2.33 bits per heavy atom. The summed E-state index contributed by atoms with van der Waals surface area (Å²) in [4.78, 5) is 0. The largest absolute Gasteiger partial charge is 0.395 e. The first-order valence-corrected chi connectivity index (χ1v) is 6.78. The topological polar surface area (TPSA) is 25.2 Å². The van der Waals surface area contributed by atoms with Gasteiger partial charge in [-0.2, -0.15) is 0 Å². The maximum Gasteiger partial charge on any atom is 0.0610 e. The number of aliphatic hydroxyl groups is 1. The number of aromatic nitrogens is 1. The summed E-state index contributed by atoms with van der Waals surface area (Å²) in [5.74, 6) is 1.03. The molecule has 0 amide bonds. The third-order valence-electron chi connectivity index (χ3n) is 3.54. The lowest BCUT2D eigenvalue weighted by molar-refractivity contribution is 0.276. The minimum absolute atomic E-state index is 0.190. The molecule has 2 aromatic rings. The van der Waals surface area contributed by atoms with E-state index in [1.165, 1.54) is 22.2 Å². The van der Waals surface area contributed by atoms with E-state index in [1.54, 1.807) is 0 Å². The molecule has 98 valence electrons. The summed E-state index contributed by atoms with van der Waals surface area (Å²) in [5, 5.41) is 10.5. The fourth-order valence-electron chi connectivity index (χ4n) is 2.50. The fraction of sp³-hybridized carbons (Fsp3) is 0.500. The summed E-state index contributed by atoms with van der Waals surface area (Å²) in [5.41, 5.74) is 3.91. The molecule has 0 unspecified atom stereocenters. The zero-order chi connectivity index (χ0) is 13.3. The predicted octanol–water partition coefficient (Wildman–Crippen LogP) is 3.88. The maximum absolute atomic E-state index is 9.23. The Bertz CT molecular complexity index is 537. The SMILES string of the molecule is CC(C)c1ccc2c(c1)cc(C(C)C)n2CCO. The van der Waals surface area contributed by atoms with Crippen LogP contribution in [0.25, 0.3) is 10.9 Å². The summed E-state index contributed by atoms with van der Waals surface area (Å²) >= 11 is 0. The average molecular weight is 245 g/mol. The number of fused-ring (bicyclic) bond motifs is 1. The van der Waals surface area contributed by atoms with Gasteiger partial charge in [-0.3, -0.25) is 0 Å². The molecule has 1 heterocycles. The highest BCUT2D eigenvalue weighted by Crippen LogP contribution is 2.28. The van der Waals surface area contributed by atoms with Crippen LogP contribution in [0.1, 0.15) is 50.8 Å². The number of aliphatic hydroxyl groups excluding tert-OH is 1. The van der Waals surface area contributed by atoms with Crippen LogP contribution in [0, 0.1) is 0 Å². The Labute approximate surface area is 109 Å². The second-order valence-corrected chi connectivity index (χ2v) is 5.57. The molecule has 0 aliphatic heterocycles. The minimum atomic E-state index is 0.190. The zero-order valence-electron chi connectivity index (χ0n) is 11.8. The number of hydrogen-bond acceptors (Lipinski definition) is 1. The van der Waals surface area contributed by atoms with E-state index in [1.807, 2.05) is 0 Å². The zero-order valence-corrected chi connectivity index (χ0v) is 11.8. The van der Waals surface area contributed by atoms with Crippen LogP contribution in [0.2, 0.25) is 0 Å². The molecule has 0 saturated heterocycles. The molecule has 0 spiro atoms. The molecule has 2 rings (SSSR count). The summed E-state index contributed by atoms with van der Waals surface area (Å²) in [7, 11) is 0. The third kappa shape index (κ3) is 2.30. The molecule has 0 saturated carbocycles. The van der Waals surface area contributed by atoms with Crippen LogP contribution in [-0.2, 0) is 6.54 Å². The summed E-state index contributed by atoms with van der Waals surface area (Å²) in [6, 6.07) is 8.93. The Morgan fingerprint density at radius 2 is 1.78 bits per heavy atom. The number of rotatable bonds is 4. The molecule has 18 heavy (non-hydrogen) atoms. The smallest absolute Gasteiger partial charge is 0.0610 e. The van der Waals surface area contributed by atoms with Gasteiger partial charge < -0.3 is 9.67 Å². The lowest BCUT2D eigenvalue weighted by atomic mass is 10.0. The molecular weight excluding hydrogens is 222 g/mol. The van der Waals surface area contributed by atoms with Crippen molar-refractivity contribution in [3.63, 3.8) is 0 Å². The highest BCUT2D eigenvalue weighted by atomic mass is 16.3. The fourth-order valence-corrected chi connectivity index (χ4v) is 2.50. The van der Waals surface area contributed by atoms with Crippen LogP contribution >= 0.6 is 0 Å². The van der Waals surface area contributed by atoms with E-state index in [4.69, 9.17) is 0 Å². The lowest BCUT2D eigenvalue weighted by Gasteiger charge is -2.12. The van der Waals surface area contributed by atoms with E-state index in [0.717, 1.165) is 0 Å². The number of nitrogens with zero attached hydrogens (tertiary/aromatic N) is 1. The van der Waals surface area contributed by atoms with Gasteiger partial charge in [0, 0.05) is 23.1 Å². The van der Waals surface area contributed by atoms with Gasteiger partial charge in [-0.25, -0.2) is 0 Å². The summed E-state index contributed by atoms with van der Waals surface area (Å²) in [6.45, 7) is 9.70. The highest BCUT2D eigenvalue weighted by molar-refractivity contribution is 5.82. The van der Waals surface area contributed by atoms with Crippen molar-refractivity contribution in [3.8, 4) is 0 Å². The first-order chi connectivity index (χ1) is 8.54. The molecular formula is C16H23NO. The van der Waals surface area contributed by atoms with E-state index in [2.05, 4.69) is 56.5 Å². The van der Waals surface area contributed by atoms with Crippen LogP contribution < -0.4 is 0 Å². The quantitative estimate of drug-likeness (QED) is 0.868. The molecule has 0 atom stereocenters. The van der Waals surface area contributed by atoms with Gasteiger partial charge >= 0.3 is 0 Å². The molecule has 1 N–H and O–H groups in total. The number of benzene rings is 1. The van der Waals surface area contributed by atoms with Crippen molar-refractivity contribution in [2.24, 2.45) is 0 Å². The van der Waals surface area contributed by atoms with Crippen LogP contribution in [0.3, 0.4) is 0 Å². The lowest BCUT2D eigenvalue weighted by Crippen LogP contribution is -2.07. The Kier molecular flexibility index (Phi) is 3.76. The molecule has 2 nitrogen and oxygen atoms in total. The first-order valence-electron chi connectivity index (χ1n) is 6.78. The molecule has 0 radical (unpaired) electrons. The molecule has 2 heteroatoms. The van der Waals surface area contributed by atoms with Crippen molar-refractivity contribution >= 4 is 10.9 Å². The molecule has 0 fully saturated rings. The van der Waals surface area contributed by atoms with Gasteiger partial charge in [0.25, 0.3) is 0 Å². The van der Waals surface area contributed by atoms with E-state index >= 15 is 0 Å². The third-order valence-corrected chi connectivity index (χ3v) is 3.54. The molecule has 1 aromatic carbocycles. The van der Waals surface area contributed by atoms with Gasteiger partial charge in [0.05, 0.1) is 6.61 Å². The Morgan fingerprint density at radius 1 is 1.06 bits per heavy atom. The summed E-state index contributed by atoms with van der Waals surface area (Å²) in [6.07, 6.45) is 0. The van der Waals surface area contributed by atoms with Crippen LogP contribution in [0.5, 0.6) is 0 Å². The second-order valence-electron chi connectivity index (χ2n) is 5.57. The first kappa shape index (κ1) is 13.2. The normalized spacial score (nSPS) is 11.9. The monoisotopic (exact) mass is 245 g/mol. The van der Waals surface area contributed by atoms with Crippen molar-refractivity contribution in [2.45, 2.75) is 46.1 Å². The molecule has 1 aromatic heterocycles. The van der Waals surface area contributed by atoms with E-state index < -0.39 is 0 Å². The van der Waals surface area contributed by atoms with Gasteiger partial charge in [0.15, 0.2) is 0 Å². The van der Waals surface area contributed by atoms with Crippen molar-refractivity contribution in [3.05, 3.63) is 35.5 Å². The Balaban J connectivity index is 2.60. The van der Waals surface area contributed by atoms with Crippen molar-refractivity contribution < 1.29 is 5.11 Å². The van der Waals surface area contributed by atoms with Crippen molar-refractivity contribution in [1.29, 1.82) is 0 Å².